The number of benzene rings is 1. The van der Waals surface area contributed by atoms with Crippen LogP contribution in [0, 0.1) is 17.7 Å². The van der Waals surface area contributed by atoms with Crippen molar-refractivity contribution in [3.63, 3.8) is 0 Å². The topological polar surface area (TPSA) is 41.6 Å². The minimum Gasteiger partial charge on any atom is -0.490 e. The lowest BCUT2D eigenvalue weighted by molar-refractivity contribution is -0.123. The number of carbonyl (C=O) groups excluding carboxylic acids is 1. The zero-order valence-electron chi connectivity index (χ0n) is 16.7. The predicted octanol–water partition coefficient (Wildman–Crippen LogP) is 4.14. The second-order valence-electron chi connectivity index (χ2n) is 8.90. The number of hydrogen-bond acceptors (Lipinski definition) is 3. The molecule has 4 rings (SSSR count). The lowest BCUT2D eigenvalue weighted by Gasteiger charge is -2.34. The first-order valence-electron chi connectivity index (χ1n) is 11.1. The quantitative estimate of drug-likeness (QED) is 0.763. The van der Waals surface area contributed by atoms with E-state index < -0.39 is 0 Å². The van der Waals surface area contributed by atoms with Gasteiger partial charge in [-0.1, -0.05) is 0 Å². The minimum absolute atomic E-state index is 0.221. The zero-order chi connectivity index (χ0) is 19.3. The Morgan fingerprint density at radius 2 is 1.68 bits per heavy atom. The van der Waals surface area contributed by atoms with Gasteiger partial charge >= 0.3 is 0 Å². The fourth-order valence-electron chi connectivity index (χ4n) is 4.58. The molecular formula is C23H33FN2O2. The highest BCUT2D eigenvalue weighted by Gasteiger charge is 2.32. The Labute approximate surface area is 167 Å². The molecule has 3 aliphatic rings. The lowest BCUT2D eigenvalue weighted by Crippen LogP contribution is -2.40. The molecule has 28 heavy (non-hydrogen) atoms. The van der Waals surface area contributed by atoms with E-state index >= 15 is 0 Å². The molecule has 1 N–H and O–H groups in total. The van der Waals surface area contributed by atoms with Crippen LogP contribution in [0.1, 0.15) is 57.8 Å². The van der Waals surface area contributed by atoms with Gasteiger partial charge in [-0.3, -0.25) is 4.79 Å². The van der Waals surface area contributed by atoms with Crippen LogP contribution in [0.15, 0.2) is 24.3 Å². The van der Waals surface area contributed by atoms with Gasteiger partial charge in [-0.15, -0.1) is 0 Å². The summed E-state index contributed by atoms with van der Waals surface area (Å²) in [6, 6.07) is 6.76. The molecule has 4 nitrogen and oxygen atoms in total. The molecular weight excluding hydrogens is 355 g/mol. The number of nitrogens with one attached hydrogen (secondary N) is 1. The molecule has 154 valence electrons. The Morgan fingerprint density at radius 3 is 2.32 bits per heavy atom. The molecule has 0 bridgehead atoms. The number of rotatable bonds is 7. The highest BCUT2D eigenvalue weighted by molar-refractivity contribution is 5.81. The van der Waals surface area contributed by atoms with Crippen molar-refractivity contribution in [2.45, 2.75) is 69.9 Å². The first kappa shape index (κ1) is 19.7. The standard InChI is InChI=1S/C23H33FN2O2/c24-19-5-9-21(10-6-19)28-22-12-15-26(16-13-22)14-11-17-1-7-20(8-2-17)25-23(27)18-3-4-18/h5-6,9-10,17-18,20,22H,1-4,7-8,11-16H2,(H,25,27)/t17-,20-. The molecule has 5 heteroatoms. The first-order valence-corrected chi connectivity index (χ1v) is 11.1. The van der Waals surface area contributed by atoms with Crippen molar-refractivity contribution in [3.8, 4) is 5.75 Å². The van der Waals surface area contributed by atoms with Crippen molar-refractivity contribution in [1.82, 2.24) is 10.2 Å². The average molecular weight is 389 g/mol. The molecule has 1 aromatic carbocycles. The van der Waals surface area contributed by atoms with Crippen molar-refractivity contribution in [3.05, 3.63) is 30.1 Å². The van der Waals surface area contributed by atoms with Gasteiger partial charge < -0.3 is 15.0 Å². The van der Waals surface area contributed by atoms with E-state index in [1.807, 2.05) is 0 Å². The van der Waals surface area contributed by atoms with Crippen molar-refractivity contribution < 1.29 is 13.9 Å². The van der Waals surface area contributed by atoms with Gasteiger partial charge in [0, 0.05) is 25.0 Å². The number of ether oxygens (including phenoxy) is 1. The third-order valence-electron chi connectivity index (χ3n) is 6.65. The molecule has 0 radical (unpaired) electrons. The molecule has 2 aliphatic carbocycles. The second kappa shape index (κ2) is 9.25. The second-order valence-corrected chi connectivity index (χ2v) is 8.90. The maximum Gasteiger partial charge on any atom is 0.223 e. The summed E-state index contributed by atoms with van der Waals surface area (Å²) in [5.74, 6) is 1.98. The molecule has 0 unspecified atom stereocenters. The van der Waals surface area contributed by atoms with Crippen LogP contribution in [-0.4, -0.2) is 42.6 Å². The highest BCUT2D eigenvalue weighted by atomic mass is 19.1. The van der Waals surface area contributed by atoms with Crippen LogP contribution in [0.4, 0.5) is 4.39 Å². The normalized spacial score (nSPS) is 26.8. The molecule has 2 saturated carbocycles. The fraction of sp³-hybridized carbons (Fsp3) is 0.696. The number of halogens is 1. The van der Waals surface area contributed by atoms with Crippen molar-refractivity contribution in [1.29, 1.82) is 0 Å². The third-order valence-corrected chi connectivity index (χ3v) is 6.65. The summed E-state index contributed by atoms with van der Waals surface area (Å²) in [6.07, 6.45) is 10.6. The molecule has 1 saturated heterocycles. The maximum absolute atomic E-state index is 13.0. The van der Waals surface area contributed by atoms with E-state index in [0.29, 0.717) is 17.9 Å². The Bertz CT molecular complexity index is 631. The molecule has 0 atom stereocenters. The van der Waals surface area contributed by atoms with E-state index in [9.17, 15) is 9.18 Å². The predicted molar refractivity (Wildman–Crippen MR) is 108 cm³/mol. The number of hydrogen-bond donors (Lipinski definition) is 1. The lowest BCUT2D eigenvalue weighted by atomic mass is 9.84. The summed E-state index contributed by atoms with van der Waals surface area (Å²) in [4.78, 5) is 14.5. The van der Waals surface area contributed by atoms with Gasteiger partial charge in [0.25, 0.3) is 0 Å². The SMILES string of the molecule is O=C(N[C@H]1CC[C@H](CCN2CCC(Oc3ccc(F)cc3)CC2)CC1)C1CC1. The van der Waals surface area contributed by atoms with Crippen LogP contribution in [0.25, 0.3) is 0 Å². The van der Waals surface area contributed by atoms with Gasteiger partial charge in [0.05, 0.1) is 0 Å². The van der Waals surface area contributed by atoms with E-state index in [-0.39, 0.29) is 11.9 Å². The monoisotopic (exact) mass is 388 g/mol. The van der Waals surface area contributed by atoms with E-state index in [4.69, 9.17) is 4.74 Å². The van der Waals surface area contributed by atoms with Crippen molar-refractivity contribution in [2.75, 3.05) is 19.6 Å². The Kier molecular flexibility index (Phi) is 6.50. The van der Waals surface area contributed by atoms with Gasteiger partial charge in [-0.25, -0.2) is 4.39 Å². The van der Waals surface area contributed by atoms with E-state index in [0.717, 1.165) is 63.3 Å². The Hall–Kier alpha value is -1.62. The van der Waals surface area contributed by atoms with Gasteiger partial charge in [0.1, 0.15) is 17.7 Å². The molecule has 0 spiro atoms. The number of likely N-dealkylation sites (tertiary alicyclic amines) is 1. The van der Waals surface area contributed by atoms with Crippen LogP contribution < -0.4 is 10.1 Å². The van der Waals surface area contributed by atoms with Crippen LogP contribution in [0.3, 0.4) is 0 Å². The van der Waals surface area contributed by atoms with Gasteiger partial charge in [-0.05, 0) is 94.5 Å². The third kappa shape index (κ3) is 5.69. The molecule has 1 aliphatic heterocycles. The smallest absolute Gasteiger partial charge is 0.223 e. The van der Waals surface area contributed by atoms with Crippen LogP contribution in [0.5, 0.6) is 5.75 Å². The van der Waals surface area contributed by atoms with E-state index in [2.05, 4.69) is 10.2 Å². The van der Waals surface area contributed by atoms with E-state index in [1.165, 1.54) is 37.9 Å². The Balaban J connectivity index is 1.09. The maximum atomic E-state index is 13.0. The van der Waals surface area contributed by atoms with E-state index in [1.54, 1.807) is 12.1 Å². The summed E-state index contributed by atoms with van der Waals surface area (Å²) in [7, 11) is 0. The molecule has 1 heterocycles. The Morgan fingerprint density at radius 1 is 1.00 bits per heavy atom. The molecule has 1 amide bonds. The molecule has 3 fully saturated rings. The number of nitrogens with zero attached hydrogens (tertiary/aromatic N) is 1. The van der Waals surface area contributed by atoms with Gasteiger partial charge in [0.15, 0.2) is 0 Å². The van der Waals surface area contributed by atoms with Gasteiger partial charge in [0.2, 0.25) is 5.91 Å². The number of amides is 1. The first-order chi connectivity index (χ1) is 13.7. The summed E-state index contributed by atoms with van der Waals surface area (Å²) in [6.45, 7) is 3.34. The summed E-state index contributed by atoms with van der Waals surface area (Å²) in [5.41, 5.74) is 0. The highest BCUT2D eigenvalue weighted by Crippen LogP contribution is 2.31. The summed E-state index contributed by atoms with van der Waals surface area (Å²) in [5, 5.41) is 3.25. The van der Waals surface area contributed by atoms with Crippen molar-refractivity contribution in [2.24, 2.45) is 11.8 Å². The number of piperidine rings is 1. The zero-order valence-corrected chi connectivity index (χ0v) is 16.7. The molecule has 1 aromatic rings. The largest absolute Gasteiger partial charge is 0.490 e. The fourth-order valence-corrected chi connectivity index (χ4v) is 4.58. The minimum atomic E-state index is -0.221. The number of carbonyl (C=O) groups is 1. The van der Waals surface area contributed by atoms with Gasteiger partial charge in [-0.2, -0.15) is 0 Å². The van der Waals surface area contributed by atoms with Crippen LogP contribution in [0.2, 0.25) is 0 Å². The average Bonchev–Trinajstić information content (AvgIpc) is 3.56. The summed E-state index contributed by atoms with van der Waals surface area (Å²) >= 11 is 0. The summed E-state index contributed by atoms with van der Waals surface area (Å²) < 4.78 is 19.0. The van der Waals surface area contributed by atoms with Crippen molar-refractivity contribution >= 4 is 5.91 Å². The van der Waals surface area contributed by atoms with Crippen LogP contribution in [-0.2, 0) is 4.79 Å². The molecule has 0 aromatic heterocycles. The van der Waals surface area contributed by atoms with Crippen LogP contribution >= 0.6 is 0 Å².